The Bertz CT molecular complexity index is 1640. The molecule has 2 heterocycles. The lowest BCUT2D eigenvalue weighted by molar-refractivity contribution is -0.113. The molecule has 4 aromatic rings. The Morgan fingerprint density at radius 1 is 1.17 bits per heavy atom. The minimum absolute atomic E-state index is 0.245. The lowest BCUT2D eigenvalue weighted by Gasteiger charge is -2.29. The standard InChI is InChI=1S/C30H29BrClN5O3S/c1-5-40-24-15-20(14-21(31)27(24)39-4)26-25(28(38)34-23-13-9-6-10-17(23)2)18(3)33-29-35-30(36-37(26)29)41-16-19-11-7-8-12-22(19)32/h6-15,26H,5,16H2,1-4H3,(H,34,38)(H,33,35,36). The van der Waals surface area contributed by atoms with Gasteiger partial charge in [0, 0.05) is 22.2 Å². The number of rotatable bonds is 9. The number of amides is 1. The van der Waals surface area contributed by atoms with E-state index in [1.165, 1.54) is 11.8 Å². The minimum atomic E-state index is -0.598. The smallest absolute Gasteiger partial charge is 0.255 e. The second kappa shape index (κ2) is 12.6. The van der Waals surface area contributed by atoms with Gasteiger partial charge in [0.1, 0.15) is 6.04 Å². The number of para-hydroxylation sites is 1. The van der Waals surface area contributed by atoms with Crippen LogP contribution in [-0.2, 0) is 10.5 Å². The number of aromatic nitrogens is 3. The summed E-state index contributed by atoms with van der Waals surface area (Å²) in [6, 6.07) is 18.6. The summed E-state index contributed by atoms with van der Waals surface area (Å²) in [5, 5.41) is 12.5. The summed E-state index contributed by atoms with van der Waals surface area (Å²) in [6.45, 7) is 6.19. The highest BCUT2D eigenvalue weighted by Gasteiger charge is 2.35. The highest BCUT2D eigenvalue weighted by Crippen LogP contribution is 2.43. The van der Waals surface area contributed by atoms with Gasteiger partial charge in [0.25, 0.3) is 5.91 Å². The Morgan fingerprint density at radius 2 is 1.93 bits per heavy atom. The highest BCUT2D eigenvalue weighted by atomic mass is 79.9. The molecular formula is C30H29BrClN5O3S. The van der Waals surface area contributed by atoms with Crippen molar-refractivity contribution in [2.24, 2.45) is 0 Å². The van der Waals surface area contributed by atoms with Crippen LogP contribution in [0, 0.1) is 6.92 Å². The molecule has 0 aliphatic carbocycles. The first-order valence-corrected chi connectivity index (χ1v) is 15.1. The molecule has 1 amide bonds. The molecule has 41 heavy (non-hydrogen) atoms. The molecule has 5 rings (SSSR count). The Kier molecular flexibility index (Phi) is 8.91. The Hall–Kier alpha value is -3.47. The number of benzene rings is 3. The number of hydrogen-bond donors (Lipinski definition) is 2. The lowest BCUT2D eigenvalue weighted by Crippen LogP contribution is -2.31. The number of ether oxygens (including phenoxy) is 2. The predicted molar refractivity (Wildman–Crippen MR) is 167 cm³/mol. The molecule has 0 saturated heterocycles. The molecule has 11 heteroatoms. The van der Waals surface area contributed by atoms with Crippen LogP contribution in [0.25, 0.3) is 0 Å². The third-order valence-corrected chi connectivity index (χ3v) is 8.48. The van der Waals surface area contributed by atoms with E-state index >= 15 is 0 Å². The molecule has 1 aromatic heterocycles. The number of anilines is 2. The SMILES string of the molecule is CCOc1cc(C2C(C(=O)Nc3ccccc3C)=C(C)Nc3nc(SCc4ccccc4Cl)nn32)cc(Br)c1OC. The number of carbonyl (C=O) groups excluding carboxylic acids is 1. The number of carbonyl (C=O) groups is 1. The zero-order valence-electron chi connectivity index (χ0n) is 23.0. The van der Waals surface area contributed by atoms with Gasteiger partial charge in [-0.25, -0.2) is 4.68 Å². The van der Waals surface area contributed by atoms with Crippen molar-refractivity contribution in [3.63, 3.8) is 0 Å². The third kappa shape index (κ3) is 6.10. The lowest BCUT2D eigenvalue weighted by atomic mass is 9.94. The van der Waals surface area contributed by atoms with Crippen LogP contribution in [0.2, 0.25) is 5.02 Å². The Balaban J connectivity index is 1.58. The van der Waals surface area contributed by atoms with Gasteiger partial charge in [-0.3, -0.25) is 4.79 Å². The summed E-state index contributed by atoms with van der Waals surface area (Å²) in [6.07, 6.45) is 0. The fourth-order valence-corrected chi connectivity index (χ4v) is 6.40. The van der Waals surface area contributed by atoms with Crippen LogP contribution in [0.15, 0.2) is 81.6 Å². The average Bonchev–Trinajstić information content (AvgIpc) is 3.35. The van der Waals surface area contributed by atoms with E-state index in [1.54, 1.807) is 11.8 Å². The number of nitrogens with zero attached hydrogens (tertiary/aromatic N) is 3. The van der Waals surface area contributed by atoms with Crippen molar-refractivity contribution >= 4 is 56.8 Å². The predicted octanol–water partition coefficient (Wildman–Crippen LogP) is 7.63. The molecule has 8 nitrogen and oxygen atoms in total. The number of allylic oxidation sites excluding steroid dienone is 1. The minimum Gasteiger partial charge on any atom is -0.492 e. The highest BCUT2D eigenvalue weighted by molar-refractivity contribution is 9.10. The maximum absolute atomic E-state index is 13.9. The van der Waals surface area contributed by atoms with Gasteiger partial charge in [0.15, 0.2) is 11.5 Å². The Labute approximate surface area is 256 Å². The van der Waals surface area contributed by atoms with Gasteiger partial charge < -0.3 is 20.1 Å². The molecular weight excluding hydrogens is 626 g/mol. The van der Waals surface area contributed by atoms with Crippen LogP contribution >= 0.6 is 39.3 Å². The van der Waals surface area contributed by atoms with Crippen molar-refractivity contribution < 1.29 is 14.3 Å². The molecule has 0 radical (unpaired) electrons. The van der Waals surface area contributed by atoms with Crippen LogP contribution in [0.4, 0.5) is 11.6 Å². The molecule has 1 aliphatic heterocycles. The Morgan fingerprint density at radius 3 is 2.66 bits per heavy atom. The van der Waals surface area contributed by atoms with Crippen LogP contribution in [0.1, 0.15) is 36.6 Å². The zero-order chi connectivity index (χ0) is 29.1. The third-order valence-electron chi connectivity index (χ3n) is 6.64. The van der Waals surface area contributed by atoms with Gasteiger partial charge in [0.05, 0.1) is 23.8 Å². The van der Waals surface area contributed by atoms with Gasteiger partial charge >= 0.3 is 0 Å². The number of fused-ring (bicyclic) bond motifs is 1. The van der Waals surface area contributed by atoms with Gasteiger partial charge in [-0.2, -0.15) is 4.98 Å². The van der Waals surface area contributed by atoms with Crippen molar-refractivity contribution in [1.29, 1.82) is 0 Å². The summed E-state index contributed by atoms with van der Waals surface area (Å²) in [4.78, 5) is 18.7. The second-order valence-electron chi connectivity index (χ2n) is 9.35. The first-order chi connectivity index (χ1) is 19.8. The summed E-state index contributed by atoms with van der Waals surface area (Å²) < 4.78 is 14.0. The van der Waals surface area contributed by atoms with Gasteiger partial charge in [0.2, 0.25) is 11.1 Å². The molecule has 212 valence electrons. The van der Waals surface area contributed by atoms with Crippen molar-refractivity contribution in [1.82, 2.24) is 14.8 Å². The van der Waals surface area contributed by atoms with E-state index in [-0.39, 0.29) is 5.91 Å². The van der Waals surface area contributed by atoms with Gasteiger partial charge in [-0.15, -0.1) is 5.10 Å². The average molecular weight is 655 g/mol. The van der Waals surface area contributed by atoms with Crippen LogP contribution in [-0.4, -0.2) is 34.4 Å². The maximum Gasteiger partial charge on any atom is 0.255 e. The van der Waals surface area contributed by atoms with E-state index in [4.69, 9.17) is 31.2 Å². The number of halogens is 2. The molecule has 0 bridgehead atoms. The second-order valence-corrected chi connectivity index (χ2v) is 11.5. The normalized spacial score (nSPS) is 14.3. The number of hydrogen-bond acceptors (Lipinski definition) is 7. The van der Waals surface area contributed by atoms with Crippen molar-refractivity contribution in [3.8, 4) is 11.5 Å². The molecule has 3 aromatic carbocycles. The molecule has 0 fully saturated rings. The van der Waals surface area contributed by atoms with Crippen LogP contribution in [0.5, 0.6) is 11.5 Å². The van der Waals surface area contributed by atoms with Crippen molar-refractivity contribution in [2.75, 3.05) is 24.4 Å². The van der Waals surface area contributed by atoms with E-state index in [2.05, 4.69) is 26.6 Å². The fourth-order valence-electron chi connectivity index (χ4n) is 4.66. The fraction of sp³-hybridized carbons (Fsp3) is 0.233. The largest absolute Gasteiger partial charge is 0.492 e. The van der Waals surface area contributed by atoms with Gasteiger partial charge in [-0.05, 0) is 77.7 Å². The topological polar surface area (TPSA) is 90.3 Å². The monoisotopic (exact) mass is 653 g/mol. The first-order valence-electron chi connectivity index (χ1n) is 13.0. The summed E-state index contributed by atoms with van der Waals surface area (Å²) >= 11 is 11.5. The van der Waals surface area contributed by atoms with E-state index in [9.17, 15) is 4.79 Å². The van der Waals surface area contributed by atoms with Crippen molar-refractivity contribution in [3.05, 3.63) is 98.1 Å². The van der Waals surface area contributed by atoms with E-state index in [0.29, 0.717) is 55.7 Å². The molecule has 1 aliphatic rings. The zero-order valence-corrected chi connectivity index (χ0v) is 26.2. The van der Waals surface area contributed by atoms with Crippen LogP contribution in [0.3, 0.4) is 0 Å². The molecule has 1 atom stereocenters. The number of nitrogens with one attached hydrogen (secondary N) is 2. The summed E-state index contributed by atoms with van der Waals surface area (Å²) in [7, 11) is 1.59. The molecule has 1 unspecified atom stereocenters. The number of aryl methyl sites for hydroxylation is 1. The van der Waals surface area contributed by atoms with E-state index < -0.39 is 6.04 Å². The number of thioether (sulfide) groups is 1. The first kappa shape index (κ1) is 29.0. The van der Waals surface area contributed by atoms with Crippen LogP contribution < -0.4 is 20.1 Å². The summed E-state index contributed by atoms with van der Waals surface area (Å²) in [5.74, 6) is 2.02. The summed E-state index contributed by atoms with van der Waals surface area (Å²) in [5.41, 5.74) is 4.66. The van der Waals surface area contributed by atoms with Crippen molar-refractivity contribution in [2.45, 2.75) is 37.7 Å². The molecule has 0 spiro atoms. The molecule has 0 saturated carbocycles. The maximum atomic E-state index is 13.9. The van der Waals surface area contributed by atoms with Gasteiger partial charge in [-0.1, -0.05) is 59.8 Å². The number of methoxy groups -OCH3 is 1. The molecule has 2 N–H and O–H groups in total. The van der Waals surface area contributed by atoms with E-state index in [1.807, 2.05) is 81.4 Å². The quantitative estimate of drug-likeness (QED) is 0.179. The van der Waals surface area contributed by atoms with E-state index in [0.717, 1.165) is 22.4 Å².